The molecule has 172 valence electrons. The molecule has 1 unspecified atom stereocenters. The summed E-state index contributed by atoms with van der Waals surface area (Å²) in [6, 6.07) is 14.8. The van der Waals surface area contributed by atoms with E-state index < -0.39 is 10.0 Å². The third-order valence-electron chi connectivity index (χ3n) is 5.67. The van der Waals surface area contributed by atoms with Crippen LogP contribution < -0.4 is 24.4 Å². The number of fused-ring (bicyclic) bond motifs is 1. The van der Waals surface area contributed by atoms with Crippen LogP contribution >= 0.6 is 0 Å². The lowest BCUT2D eigenvalue weighted by Crippen LogP contribution is -2.34. The third kappa shape index (κ3) is 5.72. The molecule has 0 aliphatic carbocycles. The van der Waals surface area contributed by atoms with Crippen molar-refractivity contribution in [1.82, 2.24) is 10.0 Å². The smallest absolute Gasteiger partial charge is 0.240 e. The molecule has 32 heavy (non-hydrogen) atoms. The van der Waals surface area contributed by atoms with Crippen molar-refractivity contribution in [3.8, 4) is 11.5 Å². The van der Waals surface area contributed by atoms with Crippen LogP contribution in [0.5, 0.6) is 11.5 Å². The second kappa shape index (κ2) is 10.2. The standard InChI is InChI=1S/C23H29N3O5S/c27-23(24-16-18-10-12-26(17-18)19-5-2-1-3-6-19)9-11-25-32(28,29)20-7-8-21-22(15-20)31-14-4-13-30-21/h1-3,5-8,15,18,25H,4,9-14,16-17H2,(H,24,27). The van der Waals surface area contributed by atoms with E-state index in [4.69, 9.17) is 9.47 Å². The molecule has 0 bridgehead atoms. The van der Waals surface area contributed by atoms with Crippen LogP contribution in [0, 0.1) is 5.92 Å². The first-order valence-electron chi connectivity index (χ1n) is 11.0. The van der Waals surface area contributed by atoms with Crippen molar-refractivity contribution in [3.05, 3.63) is 48.5 Å². The number of carbonyl (C=O) groups is 1. The van der Waals surface area contributed by atoms with E-state index in [0.29, 0.717) is 37.2 Å². The van der Waals surface area contributed by atoms with Gasteiger partial charge in [0.25, 0.3) is 0 Å². The Morgan fingerprint density at radius 3 is 2.66 bits per heavy atom. The number of benzene rings is 2. The van der Waals surface area contributed by atoms with Gasteiger partial charge in [0.05, 0.1) is 18.1 Å². The Bertz CT molecular complexity index is 1030. The van der Waals surface area contributed by atoms with Crippen molar-refractivity contribution in [3.63, 3.8) is 0 Å². The second-order valence-corrected chi connectivity index (χ2v) is 9.81. The molecule has 1 amide bonds. The Morgan fingerprint density at radius 1 is 1.06 bits per heavy atom. The summed E-state index contributed by atoms with van der Waals surface area (Å²) in [5.41, 5.74) is 1.20. The molecule has 0 aromatic heterocycles. The fourth-order valence-electron chi connectivity index (χ4n) is 3.91. The maximum Gasteiger partial charge on any atom is 0.240 e. The first-order valence-corrected chi connectivity index (χ1v) is 12.5. The second-order valence-electron chi connectivity index (χ2n) is 8.05. The maximum atomic E-state index is 12.6. The van der Waals surface area contributed by atoms with Crippen LogP contribution in [0.1, 0.15) is 19.3 Å². The minimum absolute atomic E-state index is 0.0312. The third-order valence-corrected chi connectivity index (χ3v) is 7.13. The molecule has 1 atom stereocenters. The Hall–Kier alpha value is -2.78. The van der Waals surface area contributed by atoms with Crippen molar-refractivity contribution in [2.45, 2.75) is 24.2 Å². The van der Waals surface area contributed by atoms with E-state index >= 15 is 0 Å². The quantitative estimate of drug-likeness (QED) is 0.628. The van der Waals surface area contributed by atoms with Gasteiger partial charge in [0.1, 0.15) is 0 Å². The number of carbonyl (C=O) groups excluding carboxylic acids is 1. The lowest BCUT2D eigenvalue weighted by Gasteiger charge is -2.18. The van der Waals surface area contributed by atoms with Gasteiger partial charge in [0, 0.05) is 50.8 Å². The van der Waals surface area contributed by atoms with E-state index in [2.05, 4.69) is 27.1 Å². The van der Waals surface area contributed by atoms with Gasteiger partial charge in [-0.3, -0.25) is 4.79 Å². The van der Waals surface area contributed by atoms with Crippen molar-refractivity contribution in [2.24, 2.45) is 5.92 Å². The molecule has 2 heterocycles. The van der Waals surface area contributed by atoms with E-state index in [1.165, 1.54) is 17.8 Å². The summed E-state index contributed by atoms with van der Waals surface area (Å²) in [6.07, 6.45) is 1.85. The number of ether oxygens (including phenoxy) is 2. The maximum absolute atomic E-state index is 12.6. The normalized spacial score (nSPS) is 18.2. The van der Waals surface area contributed by atoms with E-state index in [0.717, 1.165) is 25.9 Å². The highest BCUT2D eigenvalue weighted by molar-refractivity contribution is 7.89. The molecule has 4 rings (SSSR count). The number of sulfonamides is 1. The minimum atomic E-state index is -3.74. The number of rotatable bonds is 8. The van der Waals surface area contributed by atoms with Gasteiger partial charge < -0.3 is 19.7 Å². The van der Waals surface area contributed by atoms with Gasteiger partial charge >= 0.3 is 0 Å². The molecule has 8 nitrogen and oxygen atoms in total. The summed E-state index contributed by atoms with van der Waals surface area (Å²) in [4.78, 5) is 14.6. The number of para-hydroxylation sites is 1. The van der Waals surface area contributed by atoms with Crippen molar-refractivity contribution >= 4 is 21.6 Å². The molecule has 0 radical (unpaired) electrons. The zero-order valence-corrected chi connectivity index (χ0v) is 18.8. The molecule has 0 spiro atoms. The van der Waals surface area contributed by atoms with Crippen molar-refractivity contribution < 1.29 is 22.7 Å². The van der Waals surface area contributed by atoms with E-state index in [1.54, 1.807) is 6.07 Å². The van der Waals surface area contributed by atoms with Crippen LogP contribution in [0.25, 0.3) is 0 Å². The predicted molar refractivity (Wildman–Crippen MR) is 122 cm³/mol. The van der Waals surface area contributed by atoms with Crippen LogP contribution in [-0.4, -0.2) is 53.7 Å². The van der Waals surface area contributed by atoms with Crippen LogP contribution in [0.4, 0.5) is 5.69 Å². The van der Waals surface area contributed by atoms with Crippen LogP contribution in [0.15, 0.2) is 53.4 Å². The van der Waals surface area contributed by atoms with Gasteiger partial charge in [-0.25, -0.2) is 13.1 Å². The monoisotopic (exact) mass is 459 g/mol. The SMILES string of the molecule is O=C(CCNS(=O)(=O)c1ccc2c(c1)OCCCO2)NCC1CCN(c2ccccc2)C1. The average molecular weight is 460 g/mol. The summed E-state index contributed by atoms with van der Waals surface area (Å²) in [5, 5.41) is 2.93. The van der Waals surface area contributed by atoms with E-state index in [-0.39, 0.29) is 23.8 Å². The first kappa shape index (κ1) is 22.4. The fourth-order valence-corrected chi connectivity index (χ4v) is 4.96. The van der Waals surface area contributed by atoms with Crippen LogP contribution in [0.2, 0.25) is 0 Å². The molecular formula is C23H29N3O5S. The predicted octanol–water partition coefficient (Wildman–Crippen LogP) is 2.16. The molecule has 2 N–H and O–H groups in total. The van der Waals surface area contributed by atoms with Gasteiger partial charge in [0.2, 0.25) is 15.9 Å². The highest BCUT2D eigenvalue weighted by Gasteiger charge is 2.23. The number of amides is 1. The van der Waals surface area contributed by atoms with Crippen LogP contribution in [0.3, 0.4) is 0 Å². The Labute approximate surface area is 189 Å². The van der Waals surface area contributed by atoms with Crippen LogP contribution in [-0.2, 0) is 14.8 Å². The number of nitrogens with one attached hydrogen (secondary N) is 2. The molecular weight excluding hydrogens is 430 g/mol. The first-order chi connectivity index (χ1) is 15.5. The number of anilines is 1. The molecule has 2 aliphatic rings. The van der Waals surface area contributed by atoms with Gasteiger partial charge in [-0.05, 0) is 36.6 Å². The molecule has 1 saturated heterocycles. The number of hydrogen-bond acceptors (Lipinski definition) is 6. The molecule has 2 aliphatic heterocycles. The van der Waals surface area contributed by atoms with Crippen molar-refractivity contribution in [2.75, 3.05) is 44.3 Å². The molecule has 2 aromatic rings. The minimum Gasteiger partial charge on any atom is -0.490 e. The Morgan fingerprint density at radius 2 is 1.84 bits per heavy atom. The summed E-state index contributed by atoms with van der Waals surface area (Å²) in [7, 11) is -3.74. The van der Waals surface area contributed by atoms with Gasteiger partial charge in [-0.15, -0.1) is 0 Å². The lowest BCUT2D eigenvalue weighted by molar-refractivity contribution is -0.121. The molecule has 1 fully saturated rings. The Kier molecular flexibility index (Phi) is 7.16. The fraction of sp³-hybridized carbons (Fsp3) is 0.435. The summed E-state index contributed by atoms with van der Waals surface area (Å²) >= 11 is 0. The number of hydrogen-bond donors (Lipinski definition) is 2. The topological polar surface area (TPSA) is 97.0 Å². The van der Waals surface area contributed by atoms with Gasteiger partial charge in [-0.2, -0.15) is 0 Å². The Balaban J connectivity index is 1.20. The number of nitrogens with zero attached hydrogens (tertiary/aromatic N) is 1. The molecule has 0 saturated carbocycles. The molecule has 2 aromatic carbocycles. The van der Waals surface area contributed by atoms with Crippen molar-refractivity contribution in [1.29, 1.82) is 0 Å². The van der Waals surface area contributed by atoms with Gasteiger partial charge in [0.15, 0.2) is 11.5 Å². The largest absolute Gasteiger partial charge is 0.490 e. The molecule has 9 heteroatoms. The summed E-state index contributed by atoms with van der Waals surface area (Å²) in [5.74, 6) is 1.19. The van der Waals surface area contributed by atoms with Gasteiger partial charge in [-0.1, -0.05) is 18.2 Å². The zero-order valence-electron chi connectivity index (χ0n) is 18.0. The lowest BCUT2D eigenvalue weighted by atomic mass is 10.1. The highest BCUT2D eigenvalue weighted by Crippen LogP contribution is 2.31. The average Bonchev–Trinajstić information content (AvgIpc) is 3.15. The van der Waals surface area contributed by atoms with E-state index in [9.17, 15) is 13.2 Å². The summed E-state index contributed by atoms with van der Waals surface area (Å²) < 4.78 is 38.7. The highest BCUT2D eigenvalue weighted by atomic mass is 32.2. The zero-order chi connectivity index (χ0) is 22.4. The summed E-state index contributed by atoms with van der Waals surface area (Å²) in [6.45, 7) is 3.52. The van der Waals surface area contributed by atoms with E-state index in [1.807, 2.05) is 18.2 Å².